The van der Waals surface area contributed by atoms with E-state index in [0.29, 0.717) is 22.4 Å². The molecule has 0 saturated carbocycles. The van der Waals surface area contributed by atoms with E-state index in [-0.39, 0.29) is 6.54 Å². The normalized spacial score (nSPS) is 11.5. The molecular weight excluding hydrogens is 383 g/mol. The van der Waals surface area contributed by atoms with Crippen molar-refractivity contribution >= 4 is 28.8 Å². The van der Waals surface area contributed by atoms with Gasteiger partial charge in [0.15, 0.2) is 18.2 Å². The lowest BCUT2D eigenvalue weighted by molar-refractivity contribution is -0.160. The highest BCUT2D eigenvalue weighted by molar-refractivity contribution is 7.99. The van der Waals surface area contributed by atoms with Crippen LogP contribution in [0, 0.1) is 0 Å². The molecule has 2 aromatic heterocycles. The Bertz CT molecular complexity index is 917. The van der Waals surface area contributed by atoms with Crippen molar-refractivity contribution in [2.24, 2.45) is 0 Å². The Hall–Kier alpha value is -2.75. The Morgan fingerprint density at radius 1 is 1.19 bits per heavy atom. The first-order chi connectivity index (χ1) is 12.9. The second-order valence-corrected chi connectivity index (χ2v) is 6.40. The summed E-state index contributed by atoms with van der Waals surface area (Å²) in [4.78, 5) is 20.2. The van der Waals surface area contributed by atoms with E-state index in [0.717, 1.165) is 10.9 Å². The predicted octanol–water partition coefficient (Wildman–Crippen LogP) is 4.27. The molecule has 0 radical (unpaired) electrons. The zero-order valence-electron chi connectivity index (χ0n) is 13.8. The molecule has 0 aliphatic carbocycles. The minimum absolute atomic E-state index is 0.121. The number of para-hydroxylation sites is 1. The van der Waals surface area contributed by atoms with Gasteiger partial charge in [0.1, 0.15) is 5.03 Å². The number of hydrogen-bond acceptors (Lipinski definition) is 6. The Kier molecular flexibility index (Phi) is 5.84. The van der Waals surface area contributed by atoms with Crippen LogP contribution in [0.3, 0.4) is 0 Å². The van der Waals surface area contributed by atoms with Gasteiger partial charge in [-0.2, -0.15) is 13.2 Å². The van der Waals surface area contributed by atoms with E-state index in [1.165, 1.54) is 18.0 Å². The number of benzene rings is 1. The number of alkyl halides is 3. The van der Waals surface area contributed by atoms with Gasteiger partial charge >= 0.3 is 12.3 Å². The smallest absolute Gasteiger partial charge is 0.422 e. The molecule has 6 nitrogen and oxygen atoms in total. The molecule has 0 saturated heterocycles. The summed E-state index contributed by atoms with van der Waals surface area (Å²) in [7, 11) is 0. The summed E-state index contributed by atoms with van der Waals surface area (Å²) in [6.07, 6.45) is -4.14. The van der Waals surface area contributed by atoms with E-state index in [1.54, 1.807) is 12.1 Å². The highest BCUT2D eigenvalue weighted by atomic mass is 32.2. The van der Waals surface area contributed by atoms with E-state index in [9.17, 15) is 18.0 Å². The fourth-order valence-electron chi connectivity index (χ4n) is 2.17. The molecule has 10 heteroatoms. The van der Waals surface area contributed by atoms with Gasteiger partial charge in [0.05, 0.1) is 11.8 Å². The summed E-state index contributed by atoms with van der Waals surface area (Å²) in [6, 6.07) is 10.9. The van der Waals surface area contributed by atoms with Gasteiger partial charge in [-0.1, -0.05) is 18.2 Å². The Balaban J connectivity index is 1.63. The van der Waals surface area contributed by atoms with Gasteiger partial charge in [0, 0.05) is 17.7 Å². The molecule has 0 aliphatic heterocycles. The lowest BCUT2D eigenvalue weighted by atomic mass is 10.2. The van der Waals surface area contributed by atoms with E-state index in [1.807, 2.05) is 24.3 Å². The highest BCUT2D eigenvalue weighted by Gasteiger charge is 2.29. The van der Waals surface area contributed by atoms with Gasteiger partial charge < -0.3 is 14.5 Å². The number of aromatic nitrogens is 2. The average molecular weight is 397 g/mol. The van der Waals surface area contributed by atoms with Gasteiger partial charge in [0.25, 0.3) is 0 Å². The number of amides is 1. The van der Waals surface area contributed by atoms with Crippen LogP contribution in [0.25, 0.3) is 22.5 Å². The van der Waals surface area contributed by atoms with Crippen LogP contribution in [-0.2, 0) is 4.74 Å². The maximum Gasteiger partial charge on any atom is 0.422 e. The number of nitrogens with one attached hydrogen (secondary N) is 1. The molecule has 142 valence electrons. The SMILES string of the molecule is O=C(NCCSc1nc(-c2ccco2)nc2ccccc12)OCC(F)(F)F. The Labute approximate surface area is 156 Å². The summed E-state index contributed by atoms with van der Waals surface area (Å²) in [5, 5.41) is 3.78. The zero-order chi connectivity index (χ0) is 19.3. The molecule has 0 bridgehead atoms. The zero-order valence-corrected chi connectivity index (χ0v) is 14.6. The quantitative estimate of drug-likeness (QED) is 0.380. The number of fused-ring (bicyclic) bond motifs is 1. The van der Waals surface area contributed by atoms with E-state index >= 15 is 0 Å². The second kappa shape index (κ2) is 8.30. The van der Waals surface area contributed by atoms with E-state index < -0.39 is 18.9 Å². The highest BCUT2D eigenvalue weighted by Crippen LogP contribution is 2.28. The molecule has 0 atom stereocenters. The lowest BCUT2D eigenvalue weighted by Crippen LogP contribution is -2.30. The molecule has 0 fully saturated rings. The Morgan fingerprint density at radius 2 is 2.00 bits per heavy atom. The third-order valence-electron chi connectivity index (χ3n) is 3.29. The predicted molar refractivity (Wildman–Crippen MR) is 93.4 cm³/mol. The summed E-state index contributed by atoms with van der Waals surface area (Å²) in [6.45, 7) is -1.50. The molecule has 0 spiro atoms. The van der Waals surface area contributed by atoms with Crippen molar-refractivity contribution < 1.29 is 27.1 Å². The molecule has 3 rings (SSSR count). The number of thioether (sulfide) groups is 1. The number of nitrogens with zero attached hydrogens (tertiary/aromatic N) is 2. The third kappa shape index (κ3) is 5.36. The van der Waals surface area contributed by atoms with Crippen molar-refractivity contribution in [1.82, 2.24) is 15.3 Å². The summed E-state index contributed by atoms with van der Waals surface area (Å²) < 4.78 is 45.4. The number of furan rings is 1. The first-order valence-corrected chi connectivity index (χ1v) is 8.82. The molecule has 0 unspecified atom stereocenters. The third-order valence-corrected chi connectivity index (χ3v) is 4.28. The van der Waals surface area contributed by atoms with Gasteiger partial charge in [0.2, 0.25) is 0 Å². The molecule has 27 heavy (non-hydrogen) atoms. The van der Waals surface area contributed by atoms with Crippen molar-refractivity contribution in [3.8, 4) is 11.6 Å². The largest absolute Gasteiger partial charge is 0.461 e. The van der Waals surface area contributed by atoms with Crippen molar-refractivity contribution in [3.05, 3.63) is 42.7 Å². The van der Waals surface area contributed by atoms with Crippen molar-refractivity contribution in [1.29, 1.82) is 0 Å². The van der Waals surface area contributed by atoms with Gasteiger partial charge in [-0.25, -0.2) is 14.8 Å². The van der Waals surface area contributed by atoms with Crippen molar-refractivity contribution in [3.63, 3.8) is 0 Å². The number of rotatable bonds is 6. The van der Waals surface area contributed by atoms with Crippen molar-refractivity contribution in [2.75, 3.05) is 18.9 Å². The lowest BCUT2D eigenvalue weighted by Gasteiger charge is -2.10. The van der Waals surface area contributed by atoms with Crippen LogP contribution in [0.2, 0.25) is 0 Å². The fourth-order valence-corrected chi connectivity index (χ4v) is 3.05. The minimum Gasteiger partial charge on any atom is -0.461 e. The van der Waals surface area contributed by atoms with Crippen molar-refractivity contribution in [2.45, 2.75) is 11.2 Å². The second-order valence-electron chi connectivity index (χ2n) is 5.31. The first-order valence-electron chi connectivity index (χ1n) is 7.83. The Morgan fingerprint density at radius 3 is 2.74 bits per heavy atom. The topological polar surface area (TPSA) is 77.3 Å². The average Bonchev–Trinajstić information content (AvgIpc) is 3.17. The number of halogens is 3. The summed E-state index contributed by atoms with van der Waals surface area (Å²) >= 11 is 1.34. The molecule has 1 amide bonds. The molecule has 0 aliphatic rings. The first kappa shape index (κ1) is 19.0. The minimum atomic E-state index is -4.55. The number of carbonyl (C=O) groups is 1. The molecular formula is C17H14F3N3O3S. The van der Waals surface area contributed by atoms with Crippen LogP contribution >= 0.6 is 11.8 Å². The van der Waals surface area contributed by atoms with Crippen LogP contribution in [0.4, 0.5) is 18.0 Å². The van der Waals surface area contributed by atoms with E-state index in [4.69, 9.17) is 4.42 Å². The van der Waals surface area contributed by atoms with Crippen LogP contribution in [0.5, 0.6) is 0 Å². The summed E-state index contributed by atoms with van der Waals surface area (Å²) in [5.41, 5.74) is 0.735. The number of carbonyl (C=O) groups excluding carboxylic acids is 1. The maximum atomic E-state index is 12.0. The van der Waals surface area contributed by atoms with Gasteiger partial charge in [-0.15, -0.1) is 11.8 Å². The molecule has 2 heterocycles. The fraction of sp³-hybridized carbons (Fsp3) is 0.235. The van der Waals surface area contributed by atoms with Crippen LogP contribution in [-0.4, -0.2) is 41.1 Å². The summed E-state index contributed by atoms with van der Waals surface area (Å²) in [5.74, 6) is 1.34. The van der Waals surface area contributed by atoms with Gasteiger partial charge in [-0.05, 0) is 18.2 Å². The number of hydrogen-bond donors (Lipinski definition) is 1. The monoisotopic (exact) mass is 397 g/mol. The van der Waals surface area contributed by atoms with Crippen LogP contribution < -0.4 is 5.32 Å². The van der Waals surface area contributed by atoms with E-state index in [2.05, 4.69) is 20.0 Å². The molecule has 1 aromatic carbocycles. The standard InChI is InChI=1S/C17H14F3N3O3S/c18-17(19,20)10-26-16(24)21-7-9-27-15-11-4-1-2-5-12(11)22-14(23-15)13-6-3-8-25-13/h1-6,8H,7,9-10H2,(H,21,24). The number of ether oxygens (including phenoxy) is 1. The molecule has 1 N–H and O–H groups in total. The van der Waals surface area contributed by atoms with Crippen LogP contribution in [0.15, 0.2) is 52.1 Å². The van der Waals surface area contributed by atoms with Gasteiger partial charge in [-0.3, -0.25) is 0 Å². The number of alkyl carbamates (subject to hydrolysis) is 1. The molecule has 3 aromatic rings. The van der Waals surface area contributed by atoms with Crippen LogP contribution in [0.1, 0.15) is 0 Å². The maximum absolute atomic E-state index is 12.0.